The average molecular weight is 295 g/mol. The first-order valence-corrected chi connectivity index (χ1v) is 7.85. The summed E-state index contributed by atoms with van der Waals surface area (Å²) in [6.07, 6.45) is 7.21. The topological polar surface area (TPSA) is 41.1 Å². The number of rotatable bonds is 3. The summed E-state index contributed by atoms with van der Waals surface area (Å²) in [7, 11) is 0. The molecule has 4 heteroatoms. The summed E-state index contributed by atoms with van der Waals surface area (Å²) in [6.45, 7) is 1.97. The maximum atomic E-state index is 12.0. The number of benzene rings is 1. The zero-order valence-corrected chi connectivity index (χ0v) is 12.7. The number of halogens is 1. The summed E-state index contributed by atoms with van der Waals surface area (Å²) < 4.78 is 0. The maximum absolute atomic E-state index is 12.0. The Kier molecular flexibility index (Phi) is 5.72. The van der Waals surface area contributed by atoms with Crippen LogP contribution < -0.4 is 10.6 Å². The number of amides is 2. The Morgan fingerprint density at radius 2 is 1.95 bits per heavy atom. The Labute approximate surface area is 126 Å². The Hall–Kier alpha value is -1.22. The molecule has 0 radical (unpaired) electrons. The molecule has 0 spiro atoms. The van der Waals surface area contributed by atoms with Crippen molar-refractivity contribution in [3.8, 4) is 0 Å². The van der Waals surface area contributed by atoms with Crippen LogP contribution in [-0.4, -0.2) is 12.1 Å². The summed E-state index contributed by atoms with van der Waals surface area (Å²) in [4.78, 5) is 12.0. The molecule has 0 saturated heterocycles. The molecule has 0 bridgehead atoms. The van der Waals surface area contributed by atoms with Crippen LogP contribution in [0.15, 0.2) is 24.3 Å². The Balaban J connectivity index is 1.84. The lowest BCUT2D eigenvalue weighted by atomic mass is 10.1. The highest BCUT2D eigenvalue weighted by Gasteiger charge is 2.16. The molecule has 3 nitrogen and oxygen atoms in total. The molecule has 0 aliphatic heterocycles. The lowest BCUT2D eigenvalue weighted by Gasteiger charge is -2.20. The smallest absolute Gasteiger partial charge is 0.315 e. The number of carbonyl (C=O) groups excluding carboxylic acids is 1. The van der Waals surface area contributed by atoms with Crippen LogP contribution in [0.5, 0.6) is 0 Å². The van der Waals surface area contributed by atoms with E-state index in [4.69, 9.17) is 11.6 Å². The van der Waals surface area contributed by atoms with Gasteiger partial charge in [0.05, 0.1) is 6.04 Å². The van der Waals surface area contributed by atoms with E-state index in [1.807, 2.05) is 31.2 Å². The second kappa shape index (κ2) is 7.53. The highest BCUT2D eigenvalue weighted by molar-refractivity contribution is 6.30. The van der Waals surface area contributed by atoms with Gasteiger partial charge in [-0.3, -0.25) is 0 Å². The molecule has 110 valence electrons. The average Bonchev–Trinajstić information content (AvgIpc) is 2.67. The molecule has 0 aromatic heterocycles. The third-order valence-corrected chi connectivity index (χ3v) is 4.12. The van der Waals surface area contributed by atoms with Crippen LogP contribution in [0.25, 0.3) is 0 Å². The van der Waals surface area contributed by atoms with Crippen molar-refractivity contribution in [2.75, 3.05) is 0 Å². The van der Waals surface area contributed by atoms with E-state index in [1.54, 1.807) is 0 Å². The molecule has 1 unspecified atom stereocenters. The zero-order chi connectivity index (χ0) is 14.4. The fraction of sp³-hybridized carbons (Fsp3) is 0.562. The molecule has 2 amide bonds. The lowest BCUT2D eigenvalue weighted by Crippen LogP contribution is -2.42. The second-order valence-electron chi connectivity index (χ2n) is 5.58. The molecule has 0 heterocycles. The third kappa shape index (κ3) is 4.71. The number of nitrogens with one attached hydrogen (secondary N) is 2. The van der Waals surface area contributed by atoms with Gasteiger partial charge < -0.3 is 10.6 Å². The zero-order valence-electron chi connectivity index (χ0n) is 12.0. The van der Waals surface area contributed by atoms with Gasteiger partial charge in [-0.1, -0.05) is 49.4 Å². The van der Waals surface area contributed by atoms with E-state index in [2.05, 4.69) is 10.6 Å². The molecular formula is C16H23ClN2O. The van der Waals surface area contributed by atoms with Gasteiger partial charge in [0.2, 0.25) is 0 Å². The predicted molar refractivity (Wildman–Crippen MR) is 83.0 cm³/mol. The molecule has 2 N–H and O–H groups in total. The van der Waals surface area contributed by atoms with Crippen LogP contribution in [0.1, 0.15) is 57.1 Å². The standard InChI is InChI=1S/C16H23ClN2O/c1-12(13-7-6-8-14(17)11-13)18-16(20)19-15-9-4-2-3-5-10-15/h6-8,11-12,15H,2-5,9-10H2,1H3,(H2,18,19,20). The van der Waals surface area contributed by atoms with Crippen molar-refractivity contribution in [2.45, 2.75) is 57.5 Å². The molecule has 2 rings (SSSR count). The normalized spacial score (nSPS) is 18.1. The van der Waals surface area contributed by atoms with Gasteiger partial charge in [-0.15, -0.1) is 0 Å². The van der Waals surface area contributed by atoms with Crippen molar-refractivity contribution in [1.29, 1.82) is 0 Å². The van der Waals surface area contributed by atoms with Crippen molar-refractivity contribution in [2.24, 2.45) is 0 Å². The predicted octanol–water partition coefficient (Wildman–Crippen LogP) is 4.42. The summed E-state index contributed by atoms with van der Waals surface area (Å²) >= 11 is 5.97. The van der Waals surface area contributed by atoms with Crippen LogP contribution in [0.3, 0.4) is 0 Å². The maximum Gasteiger partial charge on any atom is 0.315 e. The van der Waals surface area contributed by atoms with E-state index in [9.17, 15) is 4.79 Å². The first kappa shape index (κ1) is 15.2. The molecular weight excluding hydrogens is 272 g/mol. The summed E-state index contributed by atoms with van der Waals surface area (Å²) in [5, 5.41) is 6.77. The number of carbonyl (C=O) groups is 1. The van der Waals surface area contributed by atoms with Crippen molar-refractivity contribution in [3.63, 3.8) is 0 Å². The molecule has 1 aromatic carbocycles. The summed E-state index contributed by atoms with van der Waals surface area (Å²) in [6, 6.07) is 7.80. The fourth-order valence-electron chi connectivity index (χ4n) is 2.71. The van der Waals surface area contributed by atoms with E-state index in [1.165, 1.54) is 25.7 Å². The largest absolute Gasteiger partial charge is 0.335 e. The Morgan fingerprint density at radius 1 is 1.25 bits per heavy atom. The van der Waals surface area contributed by atoms with Crippen molar-refractivity contribution in [1.82, 2.24) is 10.6 Å². The molecule has 1 atom stereocenters. The molecule has 1 saturated carbocycles. The van der Waals surface area contributed by atoms with Crippen molar-refractivity contribution in [3.05, 3.63) is 34.9 Å². The van der Waals surface area contributed by atoms with E-state index in [0.29, 0.717) is 11.1 Å². The molecule has 1 aromatic rings. The monoisotopic (exact) mass is 294 g/mol. The van der Waals surface area contributed by atoms with E-state index >= 15 is 0 Å². The first-order chi connectivity index (χ1) is 9.65. The third-order valence-electron chi connectivity index (χ3n) is 3.89. The number of hydrogen-bond donors (Lipinski definition) is 2. The minimum absolute atomic E-state index is 0.0421. The van der Waals surface area contributed by atoms with Gasteiger partial charge in [-0.25, -0.2) is 4.79 Å². The molecule has 1 fully saturated rings. The quantitative estimate of drug-likeness (QED) is 0.796. The number of hydrogen-bond acceptors (Lipinski definition) is 1. The van der Waals surface area contributed by atoms with Crippen LogP contribution in [-0.2, 0) is 0 Å². The number of urea groups is 1. The van der Waals surface area contributed by atoms with Gasteiger partial charge in [0, 0.05) is 11.1 Å². The summed E-state index contributed by atoms with van der Waals surface area (Å²) in [5.74, 6) is 0. The van der Waals surface area contributed by atoms with Crippen molar-refractivity contribution < 1.29 is 4.79 Å². The second-order valence-corrected chi connectivity index (χ2v) is 6.02. The van der Waals surface area contributed by atoms with Gasteiger partial charge in [0.25, 0.3) is 0 Å². The van der Waals surface area contributed by atoms with Gasteiger partial charge in [0.1, 0.15) is 0 Å². The minimum atomic E-state index is -0.0793. The molecule has 1 aliphatic carbocycles. The lowest BCUT2D eigenvalue weighted by molar-refractivity contribution is 0.232. The van der Waals surface area contributed by atoms with E-state index in [0.717, 1.165) is 18.4 Å². The summed E-state index contributed by atoms with van der Waals surface area (Å²) in [5.41, 5.74) is 1.02. The van der Waals surface area contributed by atoms with Gasteiger partial charge >= 0.3 is 6.03 Å². The van der Waals surface area contributed by atoms with Gasteiger partial charge in [-0.05, 0) is 37.5 Å². The minimum Gasteiger partial charge on any atom is -0.335 e. The first-order valence-electron chi connectivity index (χ1n) is 7.47. The van der Waals surface area contributed by atoms with Crippen molar-refractivity contribution >= 4 is 17.6 Å². The van der Waals surface area contributed by atoms with Gasteiger partial charge in [0.15, 0.2) is 0 Å². The molecule has 20 heavy (non-hydrogen) atoms. The van der Waals surface area contributed by atoms with E-state index in [-0.39, 0.29) is 12.1 Å². The SMILES string of the molecule is CC(NC(=O)NC1CCCCCC1)c1cccc(Cl)c1. The van der Waals surface area contributed by atoms with Crippen LogP contribution in [0.2, 0.25) is 5.02 Å². The van der Waals surface area contributed by atoms with Crippen LogP contribution in [0, 0.1) is 0 Å². The van der Waals surface area contributed by atoms with Gasteiger partial charge in [-0.2, -0.15) is 0 Å². The Morgan fingerprint density at radius 3 is 2.60 bits per heavy atom. The highest BCUT2D eigenvalue weighted by Crippen LogP contribution is 2.19. The molecule has 1 aliphatic rings. The van der Waals surface area contributed by atoms with Crippen LogP contribution >= 0.6 is 11.6 Å². The van der Waals surface area contributed by atoms with Crippen LogP contribution in [0.4, 0.5) is 4.79 Å². The fourth-order valence-corrected chi connectivity index (χ4v) is 2.91. The van der Waals surface area contributed by atoms with E-state index < -0.39 is 0 Å². The highest BCUT2D eigenvalue weighted by atomic mass is 35.5. The Bertz CT molecular complexity index is 442.